The number of rotatable bonds is 3. The number of carbonyl (C=O) groups is 2. The molecular formula is C24H25F3N4O5. The molecule has 3 N–H and O–H groups in total. The quantitative estimate of drug-likeness (QED) is 0.499. The van der Waals surface area contributed by atoms with E-state index in [2.05, 4.69) is 22.2 Å². The Kier molecular flexibility index (Phi) is 7.34. The second-order valence-electron chi connectivity index (χ2n) is 8.53. The van der Waals surface area contributed by atoms with Crippen molar-refractivity contribution < 1.29 is 37.3 Å². The number of fused-ring (bicyclic) bond motifs is 2. The van der Waals surface area contributed by atoms with Crippen LogP contribution in [0.2, 0.25) is 0 Å². The summed E-state index contributed by atoms with van der Waals surface area (Å²) in [6, 6.07) is 15.7. The highest BCUT2D eigenvalue weighted by atomic mass is 19.4. The minimum atomic E-state index is -5.08. The number of para-hydroxylation sites is 4. The number of ether oxygens (including phenoxy) is 2. The Morgan fingerprint density at radius 2 is 1.81 bits per heavy atom. The van der Waals surface area contributed by atoms with Gasteiger partial charge in [0, 0.05) is 12.6 Å². The first-order valence-electron chi connectivity index (χ1n) is 11.3. The van der Waals surface area contributed by atoms with E-state index in [0.717, 1.165) is 36.2 Å². The van der Waals surface area contributed by atoms with Crippen LogP contribution in [0.1, 0.15) is 24.7 Å². The van der Waals surface area contributed by atoms with Crippen molar-refractivity contribution in [2.45, 2.75) is 37.2 Å². The third kappa shape index (κ3) is 5.88. The van der Waals surface area contributed by atoms with Crippen LogP contribution in [-0.2, 0) is 9.59 Å². The van der Waals surface area contributed by atoms with E-state index in [9.17, 15) is 18.0 Å². The van der Waals surface area contributed by atoms with Crippen molar-refractivity contribution in [3.05, 3.63) is 54.4 Å². The van der Waals surface area contributed by atoms with Gasteiger partial charge in [-0.25, -0.2) is 9.78 Å². The van der Waals surface area contributed by atoms with E-state index < -0.39 is 18.2 Å². The second kappa shape index (κ2) is 10.4. The Bertz CT molecular complexity index is 1200. The monoisotopic (exact) mass is 506 g/mol. The summed E-state index contributed by atoms with van der Waals surface area (Å²) in [7, 11) is 2.10. The molecule has 1 saturated heterocycles. The Labute approximate surface area is 204 Å². The predicted molar refractivity (Wildman–Crippen MR) is 123 cm³/mol. The van der Waals surface area contributed by atoms with Gasteiger partial charge in [-0.2, -0.15) is 13.2 Å². The maximum absolute atomic E-state index is 12.8. The normalized spacial score (nSPS) is 21.8. The van der Waals surface area contributed by atoms with Crippen LogP contribution < -0.4 is 14.8 Å². The average Bonchev–Trinajstić information content (AvgIpc) is 3.29. The van der Waals surface area contributed by atoms with E-state index >= 15 is 0 Å². The molecule has 192 valence electrons. The van der Waals surface area contributed by atoms with Gasteiger partial charge in [-0.05, 0) is 44.2 Å². The predicted octanol–water partition coefficient (Wildman–Crippen LogP) is 3.29. The van der Waals surface area contributed by atoms with Crippen LogP contribution in [-0.4, -0.2) is 70.4 Å². The molecule has 0 aliphatic carbocycles. The molecule has 0 radical (unpaired) electrons. The molecule has 0 bridgehead atoms. The Hall–Kier alpha value is -3.80. The fourth-order valence-electron chi connectivity index (χ4n) is 4.11. The number of piperidine rings is 1. The highest BCUT2D eigenvalue weighted by Gasteiger charge is 2.38. The van der Waals surface area contributed by atoms with Gasteiger partial charge in [0.2, 0.25) is 6.10 Å². The molecule has 2 aliphatic rings. The number of aromatic amines is 1. The van der Waals surface area contributed by atoms with Crippen molar-refractivity contribution in [2.75, 3.05) is 20.2 Å². The van der Waals surface area contributed by atoms with Crippen molar-refractivity contribution in [3.63, 3.8) is 0 Å². The lowest BCUT2D eigenvalue weighted by Crippen LogP contribution is -2.51. The minimum absolute atomic E-state index is 0.0673. The molecule has 2 aromatic carbocycles. The lowest BCUT2D eigenvalue weighted by atomic mass is 9.97. The van der Waals surface area contributed by atoms with Gasteiger partial charge in [0.05, 0.1) is 17.1 Å². The van der Waals surface area contributed by atoms with Crippen LogP contribution >= 0.6 is 0 Å². The van der Waals surface area contributed by atoms with Crippen LogP contribution in [0.4, 0.5) is 13.2 Å². The zero-order valence-corrected chi connectivity index (χ0v) is 19.3. The van der Waals surface area contributed by atoms with Gasteiger partial charge in [-0.1, -0.05) is 24.3 Å². The standard InChI is InChI=1S/C22H24N4O3.C2HF3O2/c1-26-11-10-14(12-17(26)21-24-15-6-2-3-7-16(15)25-21)23-22(27)20-13-28-18-8-4-5-9-19(18)29-20;3-2(4,5)1(6)7/h2-9,14,17,20H,10-13H2,1H3,(H,23,27)(H,24,25);(H,6,7)/t14-,17-,20+;/m1./s1. The number of hydrogen-bond acceptors (Lipinski definition) is 6. The van der Waals surface area contributed by atoms with Gasteiger partial charge in [0.1, 0.15) is 12.4 Å². The van der Waals surface area contributed by atoms with Crippen molar-refractivity contribution in [2.24, 2.45) is 0 Å². The van der Waals surface area contributed by atoms with E-state index in [1.165, 1.54) is 0 Å². The molecule has 12 heteroatoms. The van der Waals surface area contributed by atoms with Gasteiger partial charge in [0.15, 0.2) is 11.5 Å². The summed E-state index contributed by atoms with van der Waals surface area (Å²) in [6.45, 7) is 1.11. The van der Waals surface area contributed by atoms with Gasteiger partial charge in [-0.15, -0.1) is 0 Å². The summed E-state index contributed by atoms with van der Waals surface area (Å²) in [5.74, 6) is -0.646. The van der Waals surface area contributed by atoms with E-state index in [1.54, 1.807) is 0 Å². The first kappa shape index (κ1) is 25.3. The molecule has 5 rings (SSSR count). The lowest BCUT2D eigenvalue weighted by molar-refractivity contribution is -0.192. The maximum atomic E-state index is 12.8. The number of alkyl halides is 3. The third-order valence-corrected chi connectivity index (χ3v) is 5.98. The molecule has 36 heavy (non-hydrogen) atoms. The topological polar surface area (TPSA) is 117 Å². The van der Waals surface area contributed by atoms with Gasteiger partial charge in [0.25, 0.3) is 5.91 Å². The smallest absolute Gasteiger partial charge is 0.485 e. The number of aromatic nitrogens is 2. The summed E-state index contributed by atoms with van der Waals surface area (Å²) < 4.78 is 43.3. The molecule has 2 aliphatic heterocycles. The fourth-order valence-corrected chi connectivity index (χ4v) is 4.11. The summed E-state index contributed by atoms with van der Waals surface area (Å²) in [6.07, 6.45) is -4.02. The molecule has 0 saturated carbocycles. The number of amides is 1. The zero-order valence-electron chi connectivity index (χ0n) is 19.3. The zero-order chi connectivity index (χ0) is 25.9. The molecule has 3 atom stereocenters. The molecule has 3 aromatic rings. The molecule has 1 fully saturated rings. The van der Waals surface area contributed by atoms with Gasteiger partial charge in [-0.3, -0.25) is 9.69 Å². The second-order valence-corrected chi connectivity index (χ2v) is 8.53. The fraction of sp³-hybridized carbons (Fsp3) is 0.375. The number of nitrogens with zero attached hydrogens (tertiary/aromatic N) is 2. The number of H-pyrrole nitrogens is 1. The molecule has 0 unspecified atom stereocenters. The number of imidazole rings is 1. The van der Waals surface area contributed by atoms with E-state index in [-0.39, 0.29) is 24.6 Å². The van der Waals surface area contributed by atoms with Crippen LogP contribution in [0.15, 0.2) is 48.5 Å². The molecule has 1 aromatic heterocycles. The Morgan fingerprint density at radius 3 is 2.50 bits per heavy atom. The van der Waals surface area contributed by atoms with Crippen LogP contribution in [0.25, 0.3) is 11.0 Å². The first-order valence-corrected chi connectivity index (χ1v) is 11.3. The summed E-state index contributed by atoms with van der Waals surface area (Å²) in [4.78, 5) is 32.2. The van der Waals surface area contributed by atoms with Crippen molar-refractivity contribution in [1.29, 1.82) is 0 Å². The molecular weight excluding hydrogens is 481 g/mol. The number of carboxylic acids is 1. The number of halogens is 3. The average molecular weight is 506 g/mol. The molecule has 0 spiro atoms. The van der Waals surface area contributed by atoms with Crippen molar-refractivity contribution in [3.8, 4) is 11.5 Å². The number of carboxylic acid groups (broad SMARTS) is 1. The summed E-state index contributed by atoms with van der Waals surface area (Å²) >= 11 is 0. The summed E-state index contributed by atoms with van der Waals surface area (Å²) in [5, 5.41) is 10.3. The first-order chi connectivity index (χ1) is 17.1. The third-order valence-electron chi connectivity index (χ3n) is 5.98. The molecule has 1 amide bonds. The largest absolute Gasteiger partial charge is 0.490 e. The number of aliphatic carboxylic acids is 1. The number of nitrogens with one attached hydrogen (secondary N) is 2. The SMILES string of the molecule is CN1CC[C@@H](NC(=O)[C@@H]2COc3ccccc3O2)C[C@@H]1c1nc2ccccc2[nH]1.O=C(O)C(F)(F)F. The number of benzene rings is 2. The van der Waals surface area contributed by atoms with Crippen LogP contribution in [0.3, 0.4) is 0 Å². The minimum Gasteiger partial charge on any atom is -0.485 e. The highest BCUT2D eigenvalue weighted by molar-refractivity contribution is 5.82. The molecule has 3 heterocycles. The number of likely N-dealkylation sites (tertiary alicyclic amines) is 1. The Morgan fingerprint density at radius 1 is 1.14 bits per heavy atom. The lowest BCUT2D eigenvalue weighted by Gasteiger charge is -2.37. The van der Waals surface area contributed by atoms with E-state index in [0.29, 0.717) is 11.5 Å². The van der Waals surface area contributed by atoms with Crippen LogP contribution in [0, 0.1) is 0 Å². The number of hydrogen-bond donors (Lipinski definition) is 3. The van der Waals surface area contributed by atoms with Crippen LogP contribution in [0.5, 0.6) is 11.5 Å². The highest BCUT2D eigenvalue weighted by Crippen LogP contribution is 2.32. The van der Waals surface area contributed by atoms with Crippen molar-refractivity contribution in [1.82, 2.24) is 20.2 Å². The van der Waals surface area contributed by atoms with Crippen molar-refractivity contribution >= 4 is 22.9 Å². The summed E-state index contributed by atoms with van der Waals surface area (Å²) in [5.41, 5.74) is 2.00. The van der Waals surface area contributed by atoms with E-state index in [1.807, 2.05) is 48.5 Å². The van der Waals surface area contributed by atoms with E-state index in [4.69, 9.17) is 24.4 Å². The maximum Gasteiger partial charge on any atom is 0.490 e. The van der Waals surface area contributed by atoms with Gasteiger partial charge < -0.3 is 24.9 Å². The number of carbonyl (C=O) groups excluding carboxylic acids is 1. The van der Waals surface area contributed by atoms with Gasteiger partial charge >= 0.3 is 12.1 Å². The molecule has 9 nitrogen and oxygen atoms in total. The Balaban J connectivity index is 0.000000384.